The summed E-state index contributed by atoms with van der Waals surface area (Å²) in [7, 11) is 0. The molecule has 1 saturated heterocycles. The van der Waals surface area contributed by atoms with Crippen LogP contribution in [0.3, 0.4) is 0 Å². The second-order valence-electron chi connectivity index (χ2n) is 11.0. The number of carbonyl (C=O) groups excluding carboxylic acids is 2. The highest BCUT2D eigenvalue weighted by Crippen LogP contribution is 2.23. The Balaban J connectivity index is 1.28. The van der Waals surface area contributed by atoms with Gasteiger partial charge in [0.2, 0.25) is 11.8 Å². The summed E-state index contributed by atoms with van der Waals surface area (Å²) in [5, 5.41) is 0. The fourth-order valence-corrected chi connectivity index (χ4v) is 5.88. The van der Waals surface area contributed by atoms with Crippen LogP contribution < -0.4 is 11.2 Å². The van der Waals surface area contributed by atoms with Gasteiger partial charge in [0.25, 0.3) is 5.56 Å². The number of rotatable bonds is 6. The summed E-state index contributed by atoms with van der Waals surface area (Å²) in [5.41, 5.74) is 1.87. The number of fused-ring (bicyclic) bond motifs is 1. The first-order valence-electron chi connectivity index (χ1n) is 13.9. The number of aromatic nitrogens is 2. The standard InChI is InChI=1S/C31H35FN4O4/c1-21(2)36-30(39)25(17-24-9-5-6-10-27(24)32)19-34(31(36)40)20-29(38)33-14-12-26(13-15-33)35-16-11-22-7-3-4-8-23(22)18-28(35)37/h3-10,19,21,26H,11-18,20H2,1-2H3. The summed E-state index contributed by atoms with van der Waals surface area (Å²) < 4.78 is 16.7. The summed E-state index contributed by atoms with van der Waals surface area (Å²) in [6, 6.07) is 13.9. The van der Waals surface area contributed by atoms with E-state index in [2.05, 4.69) is 6.07 Å². The van der Waals surface area contributed by atoms with Crippen LogP contribution in [0.1, 0.15) is 55.0 Å². The van der Waals surface area contributed by atoms with Crippen LogP contribution in [0.4, 0.5) is 4.39 Å². The van der Waals surface area contributed by atoms with E-state index >= 15 is 0 Å². The molecule has 2 amide bonds. The molecular formula is C31H35FN4O4. The van der Waals surface area contributed by atoms with Gasteiger partial charge < -0.3 is 9.80 Å². The van der Waals surface area contributed by atoms with Crippen LogP contribution in [0.15, 0.2) is 64.3 Å². The quantitative estimate of drug-likeness (QED) is 0.476. The summed E-state index contributed by atoms with van der Waals surface area (Å²) in [4.78, 5) is 56.3. The largest absolute Gasteiger partial charge is 0.341 e. The molecule has 3 aromatic rings. The Labute approximate surface area is 232 Å². The minimum atomic E-state index is -0.560. The summed E-state index contributed by atoms with van der Waals surface area (Å²) in [6.07, 6.45) is 3.99. The molecular weight excluding hydrogens is 511 g/mol. The molecule has 0 unspecified atom stereocenters. The molecule has 0 radical (unpaired) electrons. The van der Waals surface area contributed by atoms with E-state index in [0.717, 1.165) is 16.6 Å². The van der Waals surface area contributed by atoms with Crippen molar-refractivity contribution in [3.8, 4) is 0 Å². The lowest BCUT2D eigenvalue weighted by molar-refractivity contribution is -0.136. The maximum atomic E-state index is 14.3. The van der Waals surface area contributed by atoms with Gasteiger partial charge in [-0.05, 0) is 55.9 Å². The lowest BCUT2D eigenvalue weighted by atomic mass is 10.0. The van der Waals surface area contributed by atoms with Gasteiger partial charge in [0.05, 0.1) is 6.42 Å². The summed E-state index contributed by atoms with van der Waals surface area (Å²) in [5.74, 6) is -0.526. The third kappa shape index (κ3) is 5.64. The van der Waals surface area contributed by atoms with Crippen molar-refractivity contribution >= 4 is 11.8 Å². The van der Waals surface area contributed by atoms with E-state index < -0.39 is 23.1 Å². The molecule has 1 aromatic heterocycles. The van der Waals surface area contributed by atoms with Crippen LogP contribution in [-0.2, 0) is 35.4 Å². The van der Waals surface area contributed by atoms with Crippen LogP contribution in [-0.4, -0.2) is 56.4 Å². The molecule has 0 aliphatic carbocycles. The van der Waals surface area contributed by atoms with Crippen molar-refractivity contribution < 1.29 is 14.0 Å². The zero-order chi connectivity index (χ0) is 28.4. The molecule has 8 nitrogen and oxygen atoms in total. The fraction of sp³-hybridized carbons (Fsp3) is 0.419. The molecule has 1 fully saturated rings. The molecule has 5 rings (SSSR count). The van der Waals surface area contributed by atoms with Crippen molar-refractivity contribution in [3.05, 3.63) is 104 Å². The Morgan fingerprint density at radius 3 is 2.30 bits per heavy atom. The SMILES string of the molecule is CC(C)n1c(=O)c(Cc2ccccc2F)cn(CC(=O)N2CCC(N3CCc4ccccc4CC3=O)CC2)c1=O. The van der Waals surface area contributed by atoms with Gasteiger partial charge >= 0.3 is 5.69 Å². The predicted octanol–water partition coefficient (Wildman–Crippen LogP) is 2.94. The Hall–Kier alpha value is -4.01. The number of benzene rings is 2. The topological polar surface area (TPSA) is 84.6 Å². The fourth-order valence-electron chi connectivity index (χ4n) is 5.88. The maximum absolute atomic E-state index is 14.3. The average Bonchev–Trinajstić information content (AvgIpc) is 3.10. The second kappa shape index (κ2) is 11.6. The first-order valence-corrected chi connectivity index (χ1v) is 13.9. The van der Waals surface area contributed by atoms with Crippen LogP contribution in [0.25, 0.3) is 0 Å². The maximum Gasteiger partial charge on any atom is 0.331 e. The van der Waals surface area contributed by atoms with Gasteiger partial charge in [0, 0.05) is 49.9 Å². The average molecular weight is 547 g/mol. The number of halogens is 1. The molecule has 0 saturated carbocycles. The number of hydrogen-bond acceptors (Lipinski definition) is 4. The van der Waals surface area contributed by atoms with E-state index in [4.69, 9.17) is 0 Å². The van der Waals surface area contributed by atoms with Crippen LogP contribution in [0, 0.1) is 5.82 Å². The Bertz CT molecular complexity index is 1530. The molecule has 210 valence electrons. The molecule has 9 heteroatoms. The molecule has 0 spiro atoms. The third-order valence-electron chi connectivity index (χ3n) is 8.08. The van der Waals surface area contributed by atoms with E-state index in [0.29, 0.717) is 44.5 Å². The number of amides is 2. The van der Waals surface area contributed by atoms with Gasteiger partial charge in [-0.2, -0.15) is 0 Å². The minimum Gasteiger partial charge on any atom is -0.341 e. The number of nitrogens with zero attached hydrogens (tertiary/aromatic N) is 4. The highest BCUT2D eigenvalue weighted by molar-refractivity contribution is 5.80. The van der Waals surface area contributed by atoms with Crippen LogP contribution in [0.2, 0.25) is 0 Å². The van der Waals surface area contributed by atoms with Crippen LogP contribution >= 0.6 is 0 Å². The first kappa shape index (κ1) is 27.6. The van der Waals surface area contributed by atoms with Gasteiger partial charge in [0.15, 0.2) is 0 Å². The number of likely N-dealkylation sites (tertiary alicyclic amines) is 1. The summed E-state index contributed by atoms with van der Waals surface area (Å²) in [6.45, 7) is 4.90. The monoisotopic (exact) mass is 546 g/mol. The Morgan fingerprint density at radius 2 is 1.60 bits per heavy atom. The Morgan fingerprint density at radius 1 is 0.925 bits per heavy atom. The van der Waals surface area contributed by atoms with Crippen molar-refractivity contribution in [1.29, 1.82) is 0 Å². The third-order valence-corrected chi connectivity index (χ3v) is 8.08. The summed E-state index contributed by atoms with van der Waals surface area (Å²) >= 11 is 0. The lowest BCUT2D eigenvalue weighted by Crippen LogP contribution is -2.50. The molecule has 0 N–H and O–H groups in total. The van der Waals surface area contributed by atoms with E-state index in [9.17, 15) is 23.6 Å². The molecule has 0 bridgehead atoms. The van der Waals surface area contributed by atoms with Gasteiger partial charge in [-0.3, -0.25) is 23.5 Å². The van der Waals surface area contributed by atoms with Crippen molar-refractivity contribution in [2.45, 2.75) is 64.6 Å². The zero-order valence-corrected chi connectivity index (χ0v) is 23.0. The van der Waals surface area contributed by atoms with E-state index in [1.807, 2.05) is 23.1 Å². The predicted molar refractivity (Wildman–Crippen MR) is 150 cm³/mol. The lowest BCUT2D eigenvalue weighted by Gasteiger charge is -2.38. The molecule has 2 aromatic carbocycles. The van der Waals surface area contributed by atoms with Gasteiger partial charge in [-0.25, -0.2) is 9.18 Å². The van der Waals surface area contributed by atoms with Gasteiger partial charge in [-0.15, -0.1) is 0 Å². The van der Waals surface area contributed by atoms with Crippen molar-refractivity contribution in [2.75, 3.05) is 19.6 Å². The molecule has 40 heavy (non-hydrogen) atoms. The van der Waals surface area contributed by atoms with E-state index in [-0.39, 0.29) is 36.4 Å². The Kier molecular flexibility index (Phi) is 8.00. The highest BCUT2D eigenvalue weighted by atomic mass is 19.1. The molecule has 2 aliphatic rings. The van der Waals surface area contributed by atoms with Crippen molar-refractivity contribution in [1.82, 2.24) is 18.9 Å². The van der Waals surface area contributed by atoms with E-state index in [1.54, 1.807) is 36.9 Å². The van der Waals surface area contributed by atoms with Crippen molar-refractivity contribution in [3.63, 3.8) is 0 Å². The number of piperidine rings is 1. The number of carbonyl (C=O) groups is 2. The highest BCUT2D eigenvalue weighted by Gasteiger charge is 2.31. The first-order chi connectivity index (χ1) is 19.2. The molecule has 3 heterocycles. The van der Waals surface area contributed by atoms with Gasteiger partial charge in [0.1, 0.15) is 12.4 Å². The zero-order valence-electron chi connectivity index (χ0n) is 23.0. The number of hydrogen-bond donors (Lipinski definition) is 0. The van der Waals surface area contributed by atoms with Crippen molar-refractivity contribution in [2.24, 2.45) is 0 Å². The smallest absolute Gasteiger partial charge is 0.331 e. The minimum absolute atomic E-state index is 0.0197. The van der Waals surface area contributed by atoms with Crippen LogP contribution in [0.5, 0.6) is 0 Å². The second-order valence-corrected chi connectivity index (χ2v) is 11.0. The normalized spacial score (nSPS) is 16.2. The van der Waals surface area contributed by atoms with Gasteiger partial charge in [-0.1, -0.05) is 42.5 Å². The molecule has 2 aliphatic heterocycles. The van der Waals surface area contributed by atoms with E-state index in [1.165, 1.54) is 22.4 Å². The molecule has 0 atom stereocenters.